The first-order valence-electron chi connectivity index (χ1n) is 33.5. The molecule has 0 unspecified atom stereocenters. The van der Waals surface area contributed by atoms with Crippen molar-refractivity contribution in [3.05, 3.63) is 171 Å². The van der Waals surface area contributed by atoms with Gasteiger partial charge in [0.05, 0.1) is 95.3 Å². The van der Waals surface area contributed by atoms with E-state index in [0.717, 1.165) is 5.39 Å². The number of anilines is 6. The van der Waals surface area contributed by atoms with Crippen LogP contribution in [0.2, 0.25) is 15.1 Å². The second kappa shape index (κ2) is 28.3. The van der Waals surface area contributed by atoms with Crippen LogP contribution in [0, 0.1) is 46.2 Å². The molecule has 12 atom stereocenters. The molecule has 9 aromatic heterocycles. The molecule has 554 valence electrons. The molecular weight excluding hydrogens is 1450 g/mol. The predicted octanol–water partition coefficient (Wildman–Crippen LogP) is 9.78. The first kappa shape index (κ1) is 74.7. The summed E-state index contributed by atoms with van der Waals surface area (Å²) in [6.45, 7) is 11.5. The number of nitrogen functional groups attached to an aromatic ring is 6. The Kier molecular flexibility index (Phi) is 19.7. The summed E-state index contributed by atoms with van der Waals surface area (Å²) in [4.78, 5) is 53.9. The smallest absolute Gasteiger partial charge is 0.262 e. The largest absolute Gasteiger partial charge is 0.389 e. The lowest BCUT2D eigenvalue weighted by Crippen LogP contribution is -2.46. The fraction of sp³-hybridized carbons (Fsp3) is 0.342. The number of halogens is 6. The predicted molar refractivity (Wildman–Crippen MR) is 399 cm³/mol. The summed E-state index contributed by atoms with van der Waals surface area (Å²) >= 11 is 17.9. The van der Waals surface area contributed by atoms with Crippen molar-refractivity contribution >= 4 is 141 Å². The Hall–Kier alpha value is -10.6. The van der Waals surface area contributed by atoms with Gasteiger partial charge in [0.1, 0.15) is 113 Å². The van der Waals surface area contributed by atoms with Gasteiger partial charge in [-0.2, -0.15) is 5.26 Å². The summed E-state index contributed by atoms with van der Waals surface area (Å²) in [5.41, 5.74) is 42.0. The van der Waals surface area contributed by atoms with Gasteiger partial charge in [-0.05, 0) is 148 Å². The number of aliphatic hydroxyl groups is 4. The van der Waals surface area contributed by atoms with E-state index in [1.807, 2.05) is 30.7 Å². The molecule has 10 heterocycles. The number of primary amides is 1. The average molecular weight is 1520 g/mol. The number of nitrogens with zero attached hydrogens (tertiary/aromatic N) is 14. The first-order chi connectivity index (χ1) is 50.5. The van der Waals surface area contributed by atoms with Crippen LogP contribution in [0.1, 0.15) is 94.6 Å². The molecule has 1 amide bonds. The van der Waals surface area contributed by atoms with Crippen LogP contribution < -0.4 is 40.1 Å². The third-order valence-electron chi connectivity index (χ3n) is 21.3. The minimum Gasteiger partial charge on any atom is -0.389 e. The van der Waals surface area contributed by atoms with Crippen LogP contribution in [0.25, 0.3) is 70.7 Å². The fourth-order valence-electron chi connectivity index (χ4n) is 15.8. The molecule has 12 aromatic rings. The number of ether oxygens (including phenoxy) is 2. The molecule has 1 saturated heterocycles. The van der Waals surface area contributed by atoms with Gasteiger partial charge in [0.25, 0.3) is 5.54 Å². The second-order valence-electron chi connectivity index (χ2n) is 27.9. The highest BCUT2D eigenvalue weighted by Crippen LogP contribution is 2.56. The molecule has 4 fully saturated rings. The number of aliphatic hydroxyl groups excluding tert-OH is 4. The molecule has 1 aliphatic heterocycles. The Morgan fingerprint density at radius 2 is 0.953 bits per heavy atom. The third kappa shape index (κ3) is 13.2. The molecule has 16 rings (SSSR count). The number of carbonyl (C=O) groups excluding carboxylic acids is 1. The van der Waals surface area contributed by atoms with Gasteiger partial charge in [0.2, 0.25) is 5.91 Å². The summed E-state index contributed by atoms with van der Waals surface area (Å²) in [7, 11) is 0. The Labute approximate surface area is 623 Å². The number of hydrogen-bond acceptors (Lipinski definition) is 23. The summed E-state index contributed by atoms with van der Waals surface area (Å²) in [5, 5.41) is 57.5. The van der Waals surface area contributed by atoms with Crippen molar-refractivity contribution in [1.82, 2.24) is 58.6 Å². The number of amides is 1. The molecule has 3 aliphatic carbocycles. The van der Waals surface area contributed by atoms with E-state index in [-0.39, 0.29) is 107 Å². The van der Waals surface area contributed by atoms with Crippen molar-refractivity contribution in [1.29, 1.82) is 5.26 Å². The van der Waals surface area contributed by atoms with Crippen molar-refractivity contribution in [2.45, 2.75) is 145 Å². The number of nitrogens with two attached hydrogens (primary N) is 7. The maximum Gasteiger partial charge on any atom is 0.262 e. The average Bonchev–Trinajstić information content (AvgIpc) is 1.56. The highest BCUT2D eigenvalue weighted by atomic mass is 35.5. The zero-order chi connectivity index (χ0) is 75.4. The number of pyridine rings is 3. The highest BCUT2D eigenvalue weighted by molar-refractivity contribution is 6.34. The third-order valence-corrected chi connectivity index (χ3v) is 22.2. The molecule has 0 radical (unpaired) electrons. The van der Waals surface area contributed by atoms with Crippen LogP contribution in [0.4, 0.5) is 48.1 Å². The van der Waals surface area contributed by atoms with Gasteiger partial charge in [0.15, 0.2) is 11.9 Å². The molecule has 3 aromatic carbocycles. The Balaban J connectivity index is 0.000000141. The number of fused-ring (bicyclic) bond motifs is 7. The molecule has 0 spiro atoms. The molecule has 34 heteroatoms. The van der Waals surface area contributed by atoms with Gasteiger partial charge in [-0.15, -0.1) is 0 Å². The standard InChI is InChI=1S/C26H25ClFN7O2.C23H23ClFN7O3.C23H21ClFN7O2.CH4/c1-25(2)36-20-19(35-6-4-14-22(30)32-12-33-24(14)35)10-26(11-29,21(20)37-25)5-3-13-7-17(28)15-9-16(27)23(31)34-18(15)8-13;24-13-7-12-14(25)5-10(6-15(12)31-20(13)27)1-3-23(22(28)35)8-16(17(33)18(23)34)32-4-2-11-19(26)29-9-30-21(11)32;1-28-23(4-2-11-6-15(25)13-8-14(24)21(27)31-16(13)7-11)9-17(18(33)19(23)34)32-5-3-12-20(26)29-10-30-22(12)32;/h4,6-9,12,19-21H,3,5,10H2,1-2H3,(H2,31,34)(H2,30,32,33);2,4-7,9,16-18,33-34H,1,3,8H2,(H2,27,31)(H2,28,35)(H2,26,29,30);3,5-8,10,17-19,33-34H,2,4,9H2,(H2,27,31)(H2,26,29,30);1H4/t19-,20+,21+,26+;16-,17+,18+,23-;17-,18+,19+,23-;/m111./s1. The number of carbonyl (C=O) groups is 1. The summed E-state index contributed by atoms with van der Waals surface area (Å²) in [5.74, 6) is -1.80. The van der Waals surface area contributed by atoms with Crippen LogP contribution in [-0.2, 0) is 33.5 Å². The topological polar surface area (TPSA) is 458 Å². The van der Waals surface area contributed by atoms with E-state index in [1.165, 1.54) is 55.4 Å². The van der Waals surface area contributed by atoms with Crippen molar-refractivity contribution in [3.8, 4) is 6.07 Å². The molecule has 4 aliphatic rings. The van der Waals surface area contributed by atoms with Crippen LogP contribution in [0.5, 0.6) is 0 Å². The van der Waals surface area contributed by atoms with Crippen LogP contribution in [0.3, 0.4) is 0 Å². The van der Waals surface area contributed by atoms with E-state index in [1.54, 1.807) is 51.9 Å². The lowest BCUT2D eigenvalue weighted by Gasteiger charge is -2.29. The van der Waals surface area contributed by atoms with Crippen molar-refractivity contribution in [2.24, 2.45) is 16.6 Å². The molecule has 107 heavy (non-hydrogen) atoms. The van der Waals surface area contributed by atoms with Gasteiger partial charge in [-0.25, -0.2) is 64.6 Å². The fourth-order valence-corrected chi connectivity index (χ4v) is 16.2. The molecule has 18 N–H and O–H groups in total. The number of nitriles is 1. The van der Waals surface area contributed by atoms with Gasteiger partial charge >= 0.3 is 0 Å². The molecule has 28 nitrogen and oxygen atoms in total. The van der Waals surface area contributed by atoms with Gasteiger partial charge < -0.3 is 88.6 Å². The molecule has 0 bridgehead atoms. The van der Waals surface area contributed by atoms with Crippen molar-refractivity contribution < 1.29 is 47.9 Å². The number of aryl methyl sites for hydroxylation is 3. The first-order valence-corrected chi connectivity index (χ1v) is 34.6. The maximum atomic E-state index is 14.9. The number of rotatable bonds is 13. The highest BCUT2D eigenvalue weighted by Gasteiger charge is 2.63. The van der Waals surface area contributed by atoms with E-state index in [0.29, 0.717) is 97.2 Å². The van der Waals surface area contributed by atoms with E-state index in [9.17, 15) is 43.7 Å². The van der Waals surface area contributed by atoms with Crippen molar-refractivity contribution in [2.75, 3.05) is 34.4 Å². The zero-order valence-corrected chi connectivity index (χ0v) is 58.8. The SMILES string of the molecule is C.CC1(C)O[C@H]2[C@H](n3ccc4c(N)ncnc43)C[C@](C#N)(CCc3cc(F)c4cc(Cl)c(N)nc4c3)[C@H]2O1.NC(=O)[C@]1(CCc2cc(F)c3cc(Cl)c(N)nc3c2)C[C@@H](n2ccc3c(N)ncnc32)[C@H](O)[C@@H]1O.[C-]#[N+][C@]1(CCc2cc(F)c3cc(Cl)c(N)nc3c2)C[C@@H](n2ccc3c(N)ncnc32)[C@H](O)[C@@H]1O. The van der Waals surface area contributed by atoms with Crippen LogP contribution in [0.15, 0.2) is 110 Å². The summed E-state index contributed by atoms with van der Waals surface area (Å²) < 4.78 is 62.4. The van der Waals surface area contributed by atoms with Crippen LogP contribution >= 0.6 is 34.8 Å². The summed E-state index contributed by atoms with van der Waals surface area (Å²) in [6, 6.07) is 20.0. The normalized spacial score (nSPS) is 25.0. The number of hydrogen-bond donors (Lipinski definition) is 11. The van der Waals surface area contributed by atoms with Gasteiger partial charge in [0, 0.05) is 41.2 Å². The minimum atomic E-state index is -1.46. The second-order valence-corrected chi connectivity index (χ2v) is 29.1. The lowest BCUT2D eigenvalue weighted by atomic mass is 9.77. The summed E-state index contributed by atoms with van der Waals surface area (Å²) in [6.07, 6.45) is 5.59. The lowest BCUT2D eigenvalue weighted by molar-refractivity contribution is -0.165. The Morgan fingerprint density at radius 1 is 0.561 bits per heavy atom. The molecular formula is C73H73Cl3F3N21O7. The van der Waals surface area contributed by atoms with Crippen LogP contribution in [-0.4, -0.2) is 133 Å². The monoisotopic (exact) mass is 1520 g/mol. The van der Waals surface area contributed by atoms with Gasteiger partial charge in [-0.1, -0.05) is 42.2 Å². The van der Waals surface area contributed by atoms with E-state index >= 15 is 0 Å². The minimum absolute atomic E-state index is 0. The molecule has 3 saturated carbocycles. The van der Waals surface area contributed by atoms with E-state index < -0.39 is 88.1 Å². The van der Waals surface area contributed by atoms with E-state index in [4.69, 9.17) is 91.0 Å². The van der Waals surface area contributed by atoms with Crippen molar-refractivity contribution in [3.63, 3.8) is 0 Å². The van der Waals surface area contributed by atoms with Gasteiger partial charge in [-0.3, -0.25) is 4.79 Å². The Bertz CT molecular complexity index is 5630. The quantitative estimate of drug-likeness (QED) is 0.0478. The zero-order valence-electron chi connectivity index (χ0n) is 56.5. The maximum absolute atomic E-state index is 14.9. The number of aromatic nitrogens is 12. The Morgan fingerprint density at radius 3 is 1.36 bits per heavy atom. The number of benzene rings is 3. The van der Waals surface area contributed by atoms with E-state index in [2.05, 4.69) is 55.8 Å².